The average Bonchev–Trinajstić information content (AvgIpc) is 2.50. The van der Waals surface area contributed by atoms with Gasteiger partial charge in [0.25, 0.3) is 0 Å². The van der Waals surface area contributed by atoms with Crippen LogP contribution in [0.25, 0.3) is 0 Å². The van der Waals surface area contributed by atoms with E-state index in [1.807, 2.05) is 0 Å². The van der Waals surface area contributed by atoms with E-state index in [1.54, 1.807) is 30.3 Å². The summed E-state index contributed by atoms with van der Waals surface area (Å²) in [7, 11) is 1.54. The summed E-state index contributed by atoms with van der Waals surface area (Å²) in [4.78, 5) is 11.8. The molecule has 0 aliphatic carbocycles. The summed E-state index contributed by atoms with van der Waals surface area (Å²) >= 11 is 7.17. The van der Waals surface area contributed by atoms with Gasteiger partial charge >= 0.3 is 0 Å². The van der Waals surface area contributed by atoms with Gasteiger partial charge in [-0.1, -0.05) is 11.6 Å². The maximum atomic E-state index is 13.2. The molecule has 2 rings (SSSR count). The summed E-state index contributed by atoms with van der Waals surface area (Å²) in [5.41, 5.74) is 1.42. The van der Waals surface area contributed by atoms with Gasteiger partial charge in [0.15, 0.2) is 0 Å². The number of hydrogen-bond acceptors (Lipinski definition) is 3. The fourth-order valence-electron chi connectivity index (χ4n) is 1.84. The Morgan fingerprint density at radius 1 is 1.27 bits per heavy atom. The predicted molar refractivity (Wildman–Crippen MR) is 89.2 cm³/mol. The van der Waals surface area contributed by atoms with Gasteiger partial charge in [0.2, 0.25) is 5.91 Å². The van der Waals surface area contributed by atoms with Crippen LogP contribution in [-0.2, 0) is 10.5 Å². The molecular weight excluding hydrogens is 325 g/mol. The SMILES string of the molecule is COc1ccc(F)cc1CSCC(=O)Nc1ccc(Cl)cc1. The third-order valence-electron chi connectivity index (χ3n) is 2.86. The minimum Gasteiger partial charge on any atom is -0.496 e. The standard InChI is InChI=1S/C16H15ClFNO2S/c1-21-15-7-4-13(18)8-11(15)9-22-10-16(20)19-14-5-2-12(17)3-6-14/h2-8H,9-10H2,1H3,(H,19,20). The zero-order chi connectivity index (χ0) is 15.9. The molecular formula is C16H15ClFNO2S. The third-order valence-corrected chi connectivity index (χ3v) is 4.09. The van der Waals surface area contributed by atoms with Crippen molar-refractivity contribution in [2.24, 2.45) is 0 Å². The van der Waals surface area contributed by atoms with Crippen LogP contribution >= 0.6 is 23.4 Å². The second-order valence-corrected chi connectivity index (χ2v) is 5.93. The molecule has 0 spiro atoms. The number of hydrogen-bond donors (Lipinski definition) is 1. The highest BCUT2D eigenvalue weighted by Gasteiger charge is 2.07. The number of anilines is 1. The topological polar surface area (TPSA) is 38.3 Å². The molecule has 0 aliphatic heterocycles. The van der Waals surface area contributed by atoms with Gasteiger partial charge in [-0.2, -0.15) is 0 Å². The van der Waals surface area contributed by atoms with Crippen LogP contribution in [0.1, 0.15) is 5.56 Å². The molecule has 0 heterocycles. The van der Waals surface area contributed by atoms with Gasteiger partial charge in [-0.25, -0.2) is 4.39 Å². The quantitative estimate of drug-likeness (QED) is 0.849. The van der Waals surface area contributed by atoms with Crippen molar-refractivity contribution in [2.45, 2.75) is 5.75 Å². The minimum absolute atomic E-state index is 0.123. The number of carbonyl (C=O) groups excluding carboxylic acids is 1. The molecule has 0 aliphatic rings. The highest BCUT2D eigenvalue weighted by atomic mass is 35.5. The first-order chi connectivity index (χ1) is 10.6. The summed E-state index contributed by atoms with van der Waals surface area (Å²) in [6.07, 6.45) is 0. The van der Waals surface area contributed by atoms with E-state index in [0.29, 0.717) is 22.2 Å². The van der Waals surface area contributed by atoms with Crippen molar-refractivity contribution < 1.29 is 13.9 Å². The number of halogens is 2. The maximum absolute atomic E-state index is 13.2. The van der Waals surface area contributed by atoms with Gasteiger partial charge in [0.05, 0.1) is 12.9 Å². The fourth-order valence-corrected chi connectivity index (χ4v) is 2.78. The Labute approximate surface area is 137 Å². The fraction of sp³-hybridized carbons (Fsp3) is 0.188. The zero-order valence-electron chi connectivity index (χ0n) is 11.9. The molecule has 0 unspecified atom stereocenters. The van der Waals surface area contributed by atoms with E-state index >= 15 is 0 Å². The van der Waals surface area contributed by atoms with Crippen molar-refractivity contribution in [2.75, 3.05) is 18.2 Å². The van der Waals surface area contributed by atoms with Crippen molar-refractivity contribution in [3.63, 3.8) is 0 Å². The molecule has 0 radical (unpaired) electrons. The van der Waals surface area contributed by atoms with Crippen molar-refractivity contribution in [3.05, 3.63) is 58.9 Å². The lowest BCUT2D eigenvalue weighted by Crippen LogP contribution is -2.14. The van der Waals surface area contributed by atoms with E-state index < -0.39 is 0 Å². The second kappa shape index (κ2) is 8.06. The summed E-state index contributed by atoms with van der Waals surface area (Å²) in [6.45, 7) is 0. The molecule has 2 aromatic carbocycles. The van der Waals surface area contributed by atoms with E-state index in [2.05, 4.69) is 5.32 Å². The Bertz CT molecular complexity index is 649. The molecule has 6 heteroatoms. The number of amides is 1. The van der Waals surface area contributed by atoms with Crippen LogP contribution < -0.4 is 10.1 Å². The third kappa shape index (κ3) is 4.93. The average molecular weight is 340 g/mol. The van der Waals surface area contributed by atoms with Gasteiger partial charge < -0.3 is 10.1 Å². The van der Waals surface area contributed by atoms with Crippen LogP contribution in [0.15, 0.2) is 42.5 Å². The van der Waals surface area contributed by atoms with Gasteiger partial charge in [0.1, 0.15) is 11.6 Å². The molecule has 3 nitrogen and oxygen atoms in total. The lowest BCUT2D eigenvalue weighted by molar-refractivity contribution is -0.113. The summed E-state index contributed by atoms with van der Waals surface area (Å²) in [5, 5.41) is 3.39. The maximum Gasteiger partial charge on any atom is 0.234 e. The van der Waals surface area contributed by atoms with Crippen molar-refractivity contribution in [1.82, 2.24) is 0 Å². The first-order valence-corrected chi connectivity index (χ1v) is 8.07. The molecule has 22 heavy (non-hydrogen) atoms. The van der Waals surface area contributed by atoms with Crippen LogP contribution in [0.3, 0.4) is 0 Å². The largest absolute Gasteiger partial charge is 0.496 e. The Morgan fingerprint density at radius 3 is 2.68 bits per heavy atom. The van der Waals surface area contributed by atoms with Crippen molar-refractivity contribution in [1.29, 1.82) is 0 Å². The lowest BCUT2D eigenvalue weighted by atomic mass is 10.2. The molecule has 0 saturated carbocycles. The number of thioether (sulfide) groups is 1. The zero-order valence-corrected chi connectivity index (χ0v) is 13.5. The molecule has 116 valence electrons. The molecule has 0 saturated heterocycles. The first-order valence-electron chi connectivity index (χ1n) is 6.54. The van der Waals surface area contributed by atoms with Crippen LogP contribution in [0, 0.1) is 5.82 Å². The Balaban J connectivity index is 1.84. The van der Waals surface area contributed by atoms with E-state index in [4.69, 9.17) is 16.3 Å². The second-order valence-electron chi connectivity index (χ2n) is 4.50. The van der Waals surface area contributed by atoms with Crippen molar-refractivity contribution >= 4 is 35.0 Å². The number of rotatable bonds is 6. The van der Waals surface area contributed by atoms with E-state index in [9.17, 15) is 9.18 Å². The van der Waals surface area contributed by atoms with Crippen LogP contribution in [0.2, 0.25) is 5.02 Å². The Hall–Kier alpha value is -1.72. The predicted octanol–water partition coefficient (Wildman–Crippen LogP) is 4.36. The van der Waals surface area contributed by atoms with Crippen LogP contribution in [-0.4, -0.2) is 18.8 Å². The van der Waals surface area contributed by atoms with E-state index in [-0.39, 0.29) is 17.5 Å². The van der Waals surface area contributed by atoms with E-state index in [0.717, 1.165) is 5.56 Å². The van der Waals surface area contributed by atoms with Gasteiger partial charge in [-0.3, -0.25) is 4.79 Å². The number of benzene rings is 2. The molecule has 0 fully saturated rings. The normalized spacial score (nSPS) is 10.3. The molecule has 2 aromatic rings. The number of ether oxygens (including phenoxy) is 1. The highest BCUT2D eigenvalue weighted by Crippen LogP contribution is 2.24. The smallest absolute Gasteiger partial charge is 0.234 e. The molecule has 1 N–H and O–H groups in total. The number of nitrogens with one attached hydrogen (secondary N) is 1. The van der Waals surface area contributed by atoms with Gasteiger partial charge in [-0.15, -0.1) is 11.8 Å². The van der Waals surface area contributed by atoms with Crippen molar-refractivity contribution in [3.8, 4) is 5.75 Å². The number of carbonyl (C=O) groups is 1. The van der Waals surface area contributed by atoms with Crippen LogP contribution in [0.5, 0.6) is 5.75 Å². The Kier molecular flexibility index (Phi) is 6.10. The number of methoxy groups -OCH3 is 1. The molecule has 0 aromatic heterocycles. The van der Waals surface area contributed by atoms with Gasteiger partial charge in [0, 0.05) is 22.0 Å². The first kappa shape index (κ1) is 16.6. The lowest BCUT2D eigenvalue weighted by Gasteiger charge is -2.09. The summed E-state index contributed by atoms with van der Waals surface area (Å²) in [6, 6.07) is 11.2. The Morgan fingerprint density at radius 2 is 2.00 bits per heavy atom. The molecule has 1 amide bonds. The minimum atomic E-state index is -0.318. The highest BCUT2D eigenvalue weighted by molar-refractivity contribution is 7.99. The summed E-state index contributed by atoms with van der Waals surface area (Å²) < 4.78 is 18.4. The van der Waals surface area contributed by atoms with Gasteiger partial charge in [-0.05, 0) is 42.5 Å². The summed E-state index contributed by atoms with van der Waals surface area (Å²) in [5.74, 6) is 0.939. The monoisotopic (exact) mass is 339 g/mol. The molecule has 0 bridgehead atoms. The van der Waals surface area contributed by atoms with E-state index in [1.165, 1.54) is 31.0 Å². The van der Waals surface area contributed by atoms with Crippen LogP contribution in [0.4, 0.5) is 10.1 Å². The molecule has 0 atom stereocenters.